The molecule has 8 heteroatoms. The van der Waals surface area contributed by atoms with Gasteiger partial charge in [0.1, 0.15) is 0 Å². The Morgan fingerprint density at radius 2 is 1.79 bits per heavy atom. The van der Waals surface area contributed by atoms with Gasteiger partial charge in [0.05, 0.1) is 18.0 Å². The molecule has 1 aliphatic carbocycles. The first-order chi connectivity index (χ1) is 16.0. The molecule has 2 aromatic rings. The van der Waals surface area contributed by atoms with Crippen LogP contribution in [0.4, 0.5) is 0 Å². The molecular weight excluding hydrogens is 446 g/mol. The number of thioether (sulfide) groups is 1. The summed E-state index contributed by atoms with van der Waals surface area (Å²) in [7, 11) is 0. The van der Waals surface area contributed by atoms with Crippen LogP contribution in [0.1, 0.15) is 97.0 Å². The van der Waals surface area contributed by atoms with Crippen LogP contribution in [0.15, 0.2) is 29.2 Å². The van der Waals surface area contributed by atoms with Crippen molar-refractivity contribution < 1.29 is 9.90 Å². The second-order valence-electron chi connectivity index (χ2n) is 11.5. The number of nitrogens with one attached hydrogen (secondary N) is 1. The maximum atomic E-state index is 11.8. The Balaban J connectivity index is 2.02. The van der Waals surface area contributed by atoms with Gasteiger partial charge in [-0.05, 0) is 78.8 Å². The molecule has 1 aromatic heterocycles. The van der Waals surface area contributed by atoms with Crippen molar-refractivity contribution in [1.29, 1.82) is 0 Å². The van der Waals surface area contributed by atoms with E-state index in [4.69, 9.17) is 0 Å². The van der Waals surface area contributed by atoms with Gasteiger partial charge in [-0.15, -0.1) is 16.9 Å². The van der Waals surface area contributed by atoms with E-state index in [1.807, 2.05) is 4.68 Å². The number of carboxylic acid groups (broad SMARTS) is 1. The highest BCUT2D eigenvalue weighted by Gasteiger charge is 2.36. The van der Waals surface area contributed by atoms with Gasteiger partial charge in [-0.25, -0.2) is 4.68 Å². The van der Waals surface area contributed by atoms with Gasteiger partial charge < -0.3 is 5.11 Å². The lowest BCUT2D eigenvalue weighted by atomic mass is 9.81. The topological polar surface area (TPSA) is 92.9 Å². The maximum Gasteiger partial charge on any atom is 0.304 e. The molecule has 0 saturated heterocycles. The summed E-state index contributed by atoms with van der Waals surface area (Å²) in [5.74, 6) is 0.300. The Morgan fingerprint density at radius 3 is 2.35 bits per heavy atom. The zero-order valence-corrected chi connectivity index (χ0v) is 22.4. The zero-order valence-electron chi connectivity index (χ0n) is 21.5. The number of hydrogen-bond donors (Lipinski definition) is 2. The highest BCUT2D eigenvalue weighted by molar-refractivity contribution is 7.98. The maximum absolute atomic E-state index is 11.8. The van der Waals surface area contributed by atoms with Crippen LogP contribution < -0.4 is 5.32 Å². The van der Waals surface area contributed by atoms with Crippen LogP contribution >= 0.6 is 11.8 Å². The number of tetrazole rings is 1. The van der Waals surface area contributed by atoms with Crippen LogP contribution in [0.2, 0.25) is 0 Å². The van der Waals surface area contributed by atoms with Crippen molar-refractivity contribution in [2.75, 3.05) is 6.26 Å². The molecule has 1 heterocycles. The molecule has 0 radical (unpaired) electrons. The van der Waals surface area contributed by atoms with Gasteiger partial charge in [0, 0.05) is 10.9 Å². The SMILES string of the molecule is CSc1ccc(C(NC(CC(=O)O)C2CCCCC2)c2nnnn2C(C)(C)CC(C)(C)C)cc1. The fraction of sp³-hybridized carbons (Fsp3) is 0.692. The molecule has 2 N–H and O–H groups in total. The van der Waals surface area contributed by atoms with Gasteiger partial charge in [-0.1, -0.05) is 52.2 Å². The van der Waals surface area contributed by atoms with Gasteiger partial charge in [-0.3, -0.25) is 10.1 Å². The van der Waals surface area contributed by atoms with Crippen molar-refractivity contribution >= 4 is 17.7 Å². The third-order valence-corrected chi connectivity index (χ3v) is 7.47. The van der Waals surface area contributed by atoms with Crippen LogP contribution in [0.25, 0.3) is 0 Å². The zero-order chi connectivity index (χ0) is 24.9. The molecule has 2 atom stereocenters. The molecule has 188 valence electrons. The molecule has 1 saturated carbocycles. The molecule has 1 fully saturated rings. The Morgan fingerprint density at radius 1 is 1.15 bits per heavy atom. The first-order valence-corrected chi connectivity index (χ1v) is 13.6. The van der Waals surface area contributed by atoms with Crippen LogP contribution in [-0.4, -0.2) is 43.6 Å². The number of hydrogen-bond acceptors (Lipinski definition) is 6. The van der Waals surface area contributed by atoms with E-state index in [0.717, 1.165) is 43.5 Å². The Labute approximate surface area is 208 Å². The number of carboxylic acids is 1. The minimum atomic E-state index is -0.771. The molecule has 2 unspecified atom stereocenters. The lowest BCUT2D eigenvalue weighted by Crippen LogP contribution is -2.43. The first-order valence-electron chi connectivity index (χ1n) is 12.4. The molecule has 1 aliphatic rings. The van der Waals surface area contributed by atoms with Crippen LogP contribution in [0.5, 0.6) is 0 Å². The number of aromatic nitrogens is 4. The molecule has 3 rings (SSSR count). The number of aliphatic carboxylic acids is 1. The highest BCUT2D eigenvalue weighted by Crippen LogP contribution is 2.35. The summed E-state index contributed by atoms with van der Waals surface area (Å²) in [5, 5.41) is 26.5. The fourth-order valence-electron chi connectivity index (χ4n) is 5.59. The van der Waals surface area contributed by atoms with Crippen LogP contribution in [0, 0.1) is 11.3 Å². The van der Waals surface area contributed by atoms with Crippen molar-refractivity contribution in [2.45, 2.75) is 102 Å². The molecular formula is C26H41N5O2S. The molecule has 7 nitrogen and oxygen atoms in total. The summed E-state index contributed by atoms with van der Waals surface area (Å²) < 4.78 is 1.94. The molecule has 34 heavy (non-hydrogen) atoms. The van der Waals surface area contributed by atoms with Crippen LogP contribution in [0.3, 0.4) is 0 Å². The van der Waals surface area contributed by atoms with E-state index in [9.17, 15) is 9.90 Å². The van der Waals surface area contributed by atoms with E-state index in [1.165, 1.54) is 11.3 Å². The van der Waals surface area contributed by atoms with E-state index in [0.29, 0.717) is 5.92 Å². The third kappa shape index (κ3) is 7.04. The van der Waals surface area contributed by atoms with Crippen molar-refractivity contribution in [3.05, 3.63) is 35.7 Å². The second kappa shape index (κ2) is 11.2. The standard InChI is InChI=1S/C26H41N5O2S/c1-25(2,3)17-26(4,5)31-24(28-29-30-31)23(19-12-14-20(34-6)15-13-19)27-21(16-22(32)33)18-10-8-7-9-11-18/h12-15,18,21,23,27H,7-11,16-17H2,1-6H3,(H,32,33). The normalized spacial score (nSPS) is 17.5. The monoisotopic (exact) mass is 487 g/mol. The van der Waals surface area contributed by atoms with Gasteiger partial charge in [-0.2, -0.15) is 0 Å². The van der Waals surface area contributed by atoms with E-state index >= 15 is 0 Å². The Kier molecular flexibility index (Phi) is 8.79. The Hall–Kier alpha value is -1.93. The summed E-state index contributed by atoms with van der Waals surface area (Å²) in [5.41, 5.74) is 0.846. The molecule has 0 amide bonds. The average Bonchev–Trinajstić information content (AvgIpc) is 3.26. The summed E-state index contributed by atoms with van der Waals surface area (Å²) in [6.45, 7) is 11.0. The number of rotatable bonds is 10. The summed E-state index contributed by atoms with van der Waals surface area (Å²) in [4.78, 5) is 13.0. The molecule has 0 bridgehead atoms. The van der Waals surface area contributed by atoms with Gasteiger partial charge >= 0.3 is 5.97 Å². The smallest absolute Gasteiger partial charge is 0.304 e. The van der Waals surface area contributed by atoms with Crippen LogP contribution in [-0.2, 0) is 10.3 Å². The quantitative estimate of drug-likeness (QED) is 0.417. The summed E-state index contributed by atoms with van der Waals surface area (Å²) >= 11 is 1.70. The average molecular weight is 488 g/mol. The number of benzene rings is 1. The molecule has 0 spiro atoms. The number of carbonyl (C=O) groups is 1. The predicted octanol–water partition coefficient (Wildman–Crippen LogP) is 5.67. The highest BCUT2D eigenvalue weighted by atomic mass is 32.2. The molecule has 0 aliphatic heterocycles. The largest absolute Gasteiger partial charge is 0.481 e. The van der Waals surface area contributed by atoms with Crippen molar-refractivity contribution in [3.63, 3.8) is 0 Å². The lowest BCUT2D eigenvalue weighted by Gasteiger charge is -2.36. The van der Waals surface area contributed by atoms with E-state index in [1.54, 1.807) is 11.8 Å². The minimum Gasteiger partial charge on any atom is -0.481 e. The second-order valence-corrected chi connectivity index (χ2v) is 12.4. The Bertz CT molecular complexity index is 929. The van der Waals surface area contributed by atoms with E-state index < -0.39 is 5.97 Å². The van der Waals surface area contributed by atoms with Gasteiger partial charge in [0.2, 0.25) is 0 Å². The van der Waals surface area contributed by atoms with Crippen molar-refractivity contribution in [1.82, 2.24) is 25.5 Å². The van der Waals surface area contributed by atoms with E-state index in [2.05, 4.69) is 86.0 Å². The lowest BCUT2D eigenvalue weighted by molar-refractivity contribution is -0.138. The van der Waals surface area contributed by atoms with E-state index in [-0.39, 0.29) is 29.5 Å². The fourth-order valence-corrected chi connectivity index (χ4v) is 6.00. The third-order valence-electron chi connectivity index (χ3n) is 6.73. The van der Waals surface area contributed by atoms with Gasteiger partial charge in [0.25, 0.3) is 0 Å². The minimum absolute atomic E-state index is 0.0943. The van der Waals surface area contributed by atoms with Gasteiger partial charge in [0.15, 0.2) is 5.82 Å². The summed E-state index contributed by atoms with van der Waals surface area (Å²) in [6.07, 6.45) is 8.72. The van der Waals surface area contributed by atoms with Crippen molar-refractivity contribution in [2.24, 2.45) is 11.3 Å². The predicted molar refractivity (Wildman–Crippen MR) is 137 cm³/mol. The first kappa shape index (κ1) is 26.7. The molecule has 1 aromatic carbocycles. The number of nitrogens with zero attached hydrogens (tertiary/aromatic N) is 4. The summed E-state index contributed by atoms with van der Waals surface area (Å²) in [6, 6.07) is 8.00. The van der Waals surface area contributed by atoms with Crippen molar-refractivity contribution in [3.8, 4) is 0 Å².